The van der Waals surface area contributed by atoms with Crippen molar-refractivity contribution in [3.8, 4) is 5.69 Å². The number of para-hydroxylation sites is 1. The standard InChI is InChI=1S/C11H10N2O/c12-9-6-7-11(14)13(8-9)10-4-2-1-3-5-10/h1-8H,12H2. The van der Waals surface area contributed by atoms with E-state index in [4.69, 9.17) is 5.73 Å². The van der Waals surface area contributed by atoms with Gasteiger partial charge >= 0.3 is 0 Å². The van der Waals surface area contributed by atoms with Crippen molar-refractivity contribution in [2.75, 3.05) is 5.73 Å². The number of aromatic nitrogens is 1. The van der Waals surface area contributed by atoms with Crippen LogP contribution in [0.3, 0.4) is 0 Å². The second-order valence-electron chi connectivity index (χ2n) is 3.01. The zero-order valence-electron chi connectivity index (χ0n) is 7.55. The second kappa shape index (κ2) is 3.38. The van der Waals surface area contributed by atoms with Crippen LogP contribution in [0.2, 0.25) is 0 Å². The summed E-state index contributed by atoms with van der Waals surface area (Å²) in [6.07, 6.45) is 1.62. The molecule has 0 unspecified atom stereocenters. The Bertz CT molecular complexity index is 488. The van der Waals surface area contributed by atoms with E-state index in [1.54, 1.807) is 12.3 Å². The summed E-state index contributed by atoms with van der Waals surface area (Å²) in [6.45, 7) is 0. The fourth-order valence-electron chi connectivity index (χ4n) is 1.29. The van der Waals surface area contributed by atoms with Crippen LogP contribution in [-0.4, -0.2) is 4.57 Å². The Balaban J connectivity index is 2.63. The van der Waals surface area contributed by atoms with Crippen molar-refractivity contribution in [1.29, 1.82) is 0 Å². The van der Waals surface area contributed by atoms with Crippen LogP contribution in [0.1, 0.15) is 0 Å². The number of benzene rings is 1. The summed E-state index contributed by atoms with van der Waals surface area (Å²) in [4.78, 5) is 11.5. The lowest BCUT2D eigenvalue weighted by Gasteiger charge is -2.05. The maximum atomic E-state index is 11.5. The number of hydrogen-bond acceptors (Lipinski definition) is 2. The summed E-state index contributed by atoms with van der Waals surface area (Å²) in [7, 11) is 0. The highest BCUT2D eigenvalue weighted by molar-refractivity contribution is 5.39. The Hall–Kier alpha value is -2.03. The van der Waals surface area contributed by atoms with Gasteiger partial charge in [-0.25, -0.2) is 0 Å². The quantitative estimate of drug-likeness (QED) is 0.732. The van der Waals surface area contributed by atoms with Gasteiger partial charge in [0.05, 0.1) is 0 Å². The van der Waals surface area contributed by atoms with Crippen molar-refractivity contribution in [2.24, 2.45) is 0 Å². The summed E-state index contributed by atoms with van der Waals surface area (Å²) in [6, 6.07) is 12.4. The van der Waals surface area contributed by atoms with Gasteiger partial charge in [-0.3, -0.25) is 9.36 Å². The Morgan fingerprint density at radius 1 is 1.00 bits per heavy atom. The molecule has 0 saturated heterocycles. The van der Waals surface area contributed by atoms with E-state index >= 15 is 0 Å². The molecular formula is C11H10N2O. The summed E-state index contributed by atoms with van der Waals surface area (Å²) in [5.74, 6) is 0. The largest absolute Gasteiger partial charge is 0.398 e. The first-order valence-electron chi connectivity index (χ1n) is 4.31. The highest BCUT2D eigenvalue weighted by Gasteiger charge is 1.97. The van der Waals surface area contributed by atoms with E-state index in [0.717, 1.165) is 5.69 Å². The first-order chi connectivity index (χ1) is 6.77. The van der Waals surface area contributed by atoms with E-state index < -0.39 is 0 Å². The molecule has 0 radical (unpaired) electrons. The zero-order valence-corrected chi connectivity index (χ0v) is 7.55. The average Bonchev–Trinajstić information content (AvgIpc) is 2.23. The van der Waals surface area contributed by atoms with Crippen LogP contribution in [0.15, 0.2) is 53.5 Å². The molecular weight excluding hydrogens is 176 g/mol. The van der Waals surface area contributed by atoms with Crippen LogP contribution in [-0.2, 0) is 0 Å². The van der Waals surface area contributed by atoms with Gasteiger partial charge in [-0.2, -0.15) is 0 Å². The van der Waals surface area contributed by atoms with Gasteiger partial charge in [0, 0.05) is 23.6 Å². The average molecular weight is 186 g/mol. The Morgan fingerprint density at radius 3 is 2.43 bits per heavy atom. The van der Waals surface area contributed by atoms with Crippen LogP contribution in [0.4, 0.5) is 5.69 Å². The topological polar surface area (TPSA) is 48.0 Å². The molecule has 0 aliphatic rings. The molecule has 0 spiro atoms. The number of nitrogens with zero attached hydrogens (tertiary/aromatic N) is 1. The Labute approximate surface area is 81.4 Å². The predicted molar refractivity (Wildman–Crippen MR) is 56.5 cm³/mol. The number of nitrogen functional groups attached to an aromatic ring is 1. The van der Waals surface area contributed by atoms with Crippen molar-refractivity contribution >= 4 is 5.69 Å². The van der Waals surface area contributed by atoms with Gasteiger partial charge in [-0.05, 0) is 18.2 Å². The van der Waals surface area contributed by atoms with Crippen molar-refractivity contribution < 1.29 is 0 Å². The van der Waals surface area contributed by atoms with Crippen LogP contribution >= 0.6 is 0 Å². The first kappa shape index (κ1) is 8.56. The molecule has 1 heterocycles. The van der Waals surface area contributed by atoms with Gasteiger partial charge in [0.1, 0.15) is 0 Å². The lowest BCUT2D eigenvalue weighted by atomic mass is 10.3. The minimum atomic E-state index is -0.0783. The molecule has 3 heteroatoms. The fraction of sp³-hybridized carbons (Fsp3) is 0. The summed E-state index contributed by atoms with van der Waals surface area (Å²) >= 11 is 0. The number of hydrogen-bond donors (Lipinski definition) is 1. The molecule has 0 fully saturated rings. The molecule has 0 atom stereocenters. The SMILES string of the molecule is Nc1ccc(=O)n(-c2ccccc2)c1. The molecule has 0 aliphatic heterocycles. The smallest absolute Gasteiger partial charge is 0.255 e. The number of rotatable bonds is 1. The molecule has 0 bridgehead atoms. The van der Waals surface area contributed by atoms with Crippen molar-refractivity contribution in [2.45, 2.75) is 0 Å². The molecule has 1 aromatic heterocycles. The third-order valence-electron chi connectivity index (χ3n) is 1.97. The normalized spacial score (nSPS) is 10.0. The fourth-order valence-corrected chi connectivity index (χ4v) is 1.29. The van der Waals surface area contributed by atoms with Crippen LogP contribution in [0.5, 0.6) is 0 Å². The first-order valence-corrected chi connectivity index (χ1v) is 4.31. The highest BCUT2D eigenvalue weighted by Crippen LogP contribution is 2.05. The third kappa shape index (κ3) is 1.52. The predicted octanol–water partition coefficient (Wildman–Crippen LogP) is 1.42. The van der Waals surface area contributed by atoms with Crippen molar-refractivity contribution in [1.82, 2.24) is 4.57 Å². The maximum Gasteiger partial charge on any atom is 0.255 e. The van der Waals surface area contributed by atoms with E-state index in [9.17, 15) is 4.79 Å². The number of pyridine rings is 1. The molecule has 1 aromatic carbocycles. The second-order valence-corrected chi connectivity index (χ2v) is 3.01. The molecule has 0 saturated carbocycles. The minimum absolute atomic E-state index is 0.0783. The van der Waals surface area contributed by atoms with Gasteiger partial charge < -0.3 is 5.73 Å². The molecule has 3 nitrogen and oxygen atoms in total. The van der Waals surface area contributed by atoms with Crippen molar-refractivity contribution in [3.63, 3.8) is 0 Å². The van der Waals surface area contributed by atoms with Crippen molar-refractivity contribution in [3.05, 3.63) is 59.0 Å². The van der Waals surface area contributed by atoms with E-state index in [-0.39, 0.29) is 5.56 Å². The monoisotopic (exact) mass is 186 g/mol. The van der Waals surface area contributed by atoms with Gasteiger partial charge in [-0.15, -0.1) is 0 Å². The molecule has 0 amide bonds. The maximum absolute atomic E-state index is 11.5. The highest BCUT2D eigenvalue weighted by atomic mass is 16.1. The Kier molecular flexibility index (Phi) is 2.07. The van der Waals surface area contributed by atoms with Crippen LogP contribution < -0.4 is 11.3 Å². The third-order valence-corrected chi connectivity index (χ3v) is 1.97. The molecule has 2 N–H and O–H groups in total. The Morgan fingerprint density at radius 2 is 1.71 bits per heavy atom. The van der Waals surface area contributed by atoms with E-state index in [2.05, 4.69) is 0 Å². The lowest BCUT2D eigenvalue weighted by molar-refractivity contribution is 0.994. The van der Waals surface area contributed by atoms with Gasteiger partial charge in [-0.1, -0.05) is 18.2 Å². The van der Waals surface area contributed by atoms with Crippen LogP contribution in [0, 0.1) is 0 Å². The van der Waals surface area contributed by atoms with E-state index in [1.165, 1.54) is 10.6 Å². The van der Waals surface area contributed by atoms with Gasteiger partial charge in [0.15, 0.2) is 0 Å². The van der Waals surface area contributed by atoms with Crippen LogP contribution in [0.25, 0.3) is 5.69 Å². The molecule has 14 heavy (non-hydrogen) atoms. The molecule has 2 rings (SSSR count). The number of anilines is 1. The lowest BCUT2D eigenvalue weighted by Crippen LogP contribution is -2.16. The molecule has 0 aliphatic carbocycles. The summed E-state index contributed by atoms with van der Waals surface area (Å²) in [5.41, 5.74) is 6.93. The molecule has 70 valence electrons. The van der Waals surface area contributed by atoms with Gasteiger partial charge in [0.25, 0.3) is 5.56 Å². The van der Waals surface area contributed by atoms with E-state index in [1.807, 2.05) is 30.3 Å². The minimum Gasteiger partial charge on any atom is -0.398 e. The molecule has 2 aromatic rings. The summed E-state index contributed by atoms with van der Waals surface area (Å²) in [5, 5.41) is 0. The zero-order chi connectivity index (χ0) is 9.97. The number of nitrogens with two attached hydrogens (primary N) is 1. The van der Waals surface area contributed by atoms with E-state index in [0.29, 0.717) is 5.69 Å². The summed E-state index contributed by atoms with van der Waals surface area (Å²) < 4.78 is 1.52. The van der Waals surface area contributed by atoms with Gasteiger partial charge in [0.2, 0.25) is 0 Å².